The van der Waals surface area contributed by atoms with Gasteiger partial charge in [0.2, 0.25) is 5.91 Å². The summed E-state index contributed by atoms with van der Waals surface area (Å²) in [5, 5.41) is 2.75. The van der Waals surface area contributed by atoms with Gasteiger partial charge in [-0.2, -0.15) is 0 Å². The van der Waals surface area contributed by atoms with Crippen molar-refractivity contribution >= 4 is 17.9 Å². The highest BCUT2D eigenvalue weighted by molar-refractivity contribution is 5.88. The number of aldehydes is 1. The van der Waals surface area contributed by atoms with Crippen LogP contribution in [0.5, 0.6) is 0 Å². The van der Waals surface area contributed by atoms with E-state index < -0.39 is 5.82 Å². The summed E-state index contributed by atoms with van der Waals surface area (Å²) in [6, 6.07) is 4.02. The molecule has 0 unspecified atom stereocenters. The first-order chi connectivity index (χ1) is 8.20. The summed E-state index contributed by atoms with van der Waals surface area (Å²) in [6.45, 7) is 1.50. The van der Waals surface area contributed by atoms with Crippen molar-refractivity contribution < 1.29 is 14.0 Å². The molecule has 0 radical (unpaired) electrons. The van der Waals surface area contributed by atoms with Gasteiger partial charge in [-0.05, 0) is 24.6 Å². The Morgan fingerprint density at radius 2 is 2.24 bits per heavy atom. The molecule has 1 amide bonds. The Morgan fingerprint density at radius 3 is 3.00 bits per heavy atom. The van der Waals surface area contributed by atoms with Gasteiger partial charge in [0.1, 0.15) is 5.82 Å². The zero-order valence-electron chi connectivity index (χ0n) is 9.28. The van der Waals surface area contributed by atoms with Crippen LogP contribution in [0.25, 0.3) is 0 Å². The number of rotatable bonds is 2. The number of nitrogens with one attached hydrogen (secondary N) is 1. The molecule has 5 heteroatoms. The lowest BCUT2D eigenvalue weighted by molar-refractivity contribution is -0.119. The van der Waals surface area contributed by atoms with E-state index in [1.165, 1.54) is 18.2 Å². The van der Waals surface area contributed by atoms with Crippen molar-refractivity contribution in [3.63, 3.8) is 0 Å². The topological polar surface area (TPSA) is 49.4 Å². The molecule has 0 aromatic heterocycles. The van der Waals surface area contributed by atoms with E-state index in [-0.39, 0.29) is 18.0 Å². The summed E-state index contributed by atoms with van der Waals surface area (Å²) in [5.74, 6) is -0.529. The van der Waals surface area contributed by atoms with Crippen LogP contribution in [0.2, 0.25) is 0 Å². The molecule has 0 spiro atoms. The van der Waals surface area contributed by atoms with Crippen molar-refractivity contribution in [1.29, 1.82) is 0 Å². The van der Waals surface area contributed by atoms with Gasteiger partial charge in [-0.3, -0.25) is 9.59 Å². The molecule has 17 heavy (non-hydrogen) atoms. The average molecular weight is 236 g/mol. The molecule has 1 aliphatic heterocycles. The largest absolute Gasteiger partial charge is 0.362 e. The predicted octanol–water partition coefficient (Wildman–Crippen LogP) is 0.964. The van der Waals surface area contributed by atoms with E-state index in [0.29, 0.717) is 25.1 Å². The first-order valence-electron chi connectivity index (χ1n) is 5.47. The number of anilines is 1. The smallest absolute Gasteiger partial charge is 0.239 e. The fraction of sp³-hybridized carbons (Fsp3) is 0.333. The SMILES string of the molecule is O=Cc1cc(F)ccc1N1CCCNC(=O)C1. The van der Waals surface area contributed by atoms with Crippen molar-refractivity contribution in [1.82, 2.24) is 5.32 Å². The maximum atomic E-state index is 13.0. The lowest BCUT2D eigenvalue weighted by Gasteiger charge is -2.22. The summed E-state index contributed by atoms with van der Waals surface area (Å²) >= 11 is 0. The van der Waals surface area contributed by atoms with Gasteiger partial charge in [0, 0.05) is 24.3 Å². The van der Waals surface area contributed by atoms with Crippen LogP contribution >= 0.6 is 0 Å². The van der Waals surface area contributed by atoms with Gasteiger partial charge in [-0.25, -0.2) is 4.39 Å². The molecule has 1 aromatic carbocycles. The molecular weight excluding hydrogens is 223 g/mol. The molecule has 90 valence electrons. The molecule has 0 atom stereocenters. The molecule has 1 fully saturated rings. The van der Waals surface area contributed by atoms with E-state index in [2.05, 4.69) is 5.32 Å². The third kappa shape index (κ3) is 2.61. The van der Waals surface area contributed by atoms with E-state index in [0.717, 1.165) is 6.42 Å². The van der Waals surface area contributed by atoms with E-state index in [9.17, 15) is 14.0 Å². The molecule has 1 saturated heterocycles. The van der Waals surface area contributed by atoms with Crippen molar-refractivity contribution in [3.8, 4) is 0 Å². The Labute approximate surface area is 98.4 Å². The van der Waals surface area contributed by atoms with Gasteiger partial charge in [-0.15, -0.1) is 0 Å². The second kappa shape index (κ2) is 4.95. The zero-order chi connectivity index (χ0) is 12.3. The van der Waals surface area contributed by atoms with E-state index in [1.807, 2.05) is 0 Å². The van der Waals surface area contributed by atoms with Gasteiger partial charge in [0.05, 0.1) is 6.54 Å². The number of hydrogen-bond donors (Lipinski definition) is 1. The molecule has 1 aliphatic rings. The maximum absolute atomic E-state index is 13.0. The summed E-state index contributed by atoms with van der Waals surface area (Å²) in [4.78, 5) is 24.1. The number of nitrogens with zero attached hydrogens (tertiary/aromatic N) is 1. The van der Waals surface area contributed by atoms with Gasteiger partial charge in [0.25, 0.3) is 0 Å². The van der Waals surface area contributed by atoms with Crippen LogP contribution in [-0.2, 0) is 4.79 Å². The molecule has 1 heterocycles. The highest BCUT2D eigenvalue weighted by Gasteiger charge is 2.17. The first-order valence-corrected chi connectivity index (χ1v) is 5.47. The first kappa shape index (κ1) is 11.6. The zero-order valence-corrected chi connectivity index (χ0v) is 9.28. The lowest BCUT2D eigenvalue weighted by atomic mass is 10.1. The minimum Gasteiger partial charge on any atom is -0.362 e. The highest BCUT2D eigenvalue weighted by Crippen LogP contribution is 2.21. The molecule has 0 saturated carbocycles. The predicted molar refractivity (Wildman–Crippen MR) is 61.6 cm³/mol. The highest BCUT2D eigenvalue weighted by atomic mass is 19.1. The molecule has 4 nitrogen and oxygen atoms in total. The van der Waals surface area contributed by atoms with Gasteiger partial charge < -0.3 is 10.2 Å². The number of hydrogen-bond acceptors (Lipinski definition) is 3. The molecule has 1 aromatic rings. The Morgan fingerprint density at radius 1 is 1.41 bits per heavy atom. The van der Waals surface area contributed by atoms with Crippen LogP contribution in [0.1, 0.15) is 16.8 Å². The normalized spacial score (nSPS) is 16.3. The summed E-state index contributed by atoms with van der Waals surface area (Å²) in [6.07, 6.45) is 1.42. The molecule has 1 N–H and O–H groups in total. The monoisotopic (exact) mass is 236 g/mol. The van der Waals surface area contributed by atoms with Crippen LogP contribution in [-0.4, -0.2) is 31.8 Å². The van der Waals surface area contributed by atoms with Crippen molar-refractivity contribution in [2.75, 3.05) is 24.5 Å². The van der Waals surface area contributed by atoms with Crippen LogP contribution in [0.3, 0.4) is 0 Å². The van der Waals surface area contributed by atoms with Crippen LogP contribution in [0.15, 0.2) is 18.2 Å². The van der Waals surface area contributed by atoms with Crippen LogP contribution < -0.4 is 10.2 Å². The molecule has 0 bridgehead atoms. The number of benzene rings is 1. The number of amides is 1. The van der Waals surface area contributed by atoms with Crippen LogP contribution in [0, 0.1) is 5.82 Å². The lowest BCUT2D eigenvalue weighted by Crippen LogP contribution is -2.33. The quantitative estimate of drug-likeness (QED) is 0.778. The standard InChI is InChI=1S/C12H13FN2O2/c13-10-2-3-11(9(6-10)8-16)15-5-1-4-14-12(17)7-15/h2-3,6,8H,1,4-5,7H2,(H,14,17). The van der Waals surface area contributed by atoms with E-state index in [1.54, 1.807) is 4.90 Å². The number of carbonyl (C=O) groups excluding carboxylic acids is 2. The second-order valence-corrected chi connectivity index (χ2v) is 3.95. The average Bonchev–Trinajstić information content (AvgIpc) is 2.53. The van der Waals surface area contributed by atoms with Gasteiger partial charge >= 0.3 is 0 Å². The third-order valence-electron chi connectivity index (χ3n) is 2.72. The summed E-state index contributed by atoms with van der Waals surface area (Å²) in [7, 11) is 0. The Kier molecular flexibility index (Phi) is 3.37. The minimum absolute atomic E-state index is 0.0799. The van der Waals surface area contributed by atoms with Crippen molar-refractivity contribution in [2.24, 2.45) is 0 Å². The number of halogens is 1. The summed E-state index contributed by atoms with van der Waals surface area (Å²) in [5.41, 5.74) is 0.887. The van der Waals surface area contributed by atoms with Gasteiger partial charge in [-0.1, -0.05) is 0 Å². The van der Waals surface area contributed by atoms with Crippen LogP contribution in [0.4, 0.5) is 10.1 Å². The minimum atomic E-state index is -0.449. The summed E-state index contributed by atoms with van der Waals surface area (Å²) < 4.78 is 13.0. The van der Waals surface area contributed by atoms with Crippen molar-refractivity contribution in [2.45, 2.75) is 6.42 Å². The fourth-order valence-electron chi connectivity index (χ4n) is 1.92. The van der Waals surface area contributed by atoms with E-state index in [4.69, 9.17) is 0 Å². The molecule has 2 rings (SSSR count). The Bertz CT molecular complexity index is 448. The van der Waals surface area contributed by atoms with E-state index >= 15 is 0 Å². The molecular formula is C12H13FN2O2. The Balaban J connectivity index is 2.31. The Hall–Kier alpha value is -1.91. The fourth-order valence-corrected chi connectivity index (χ4v) is 1.92. The second-order valence-electron chi connectivity index (χ2n) is 3.95. The van der Waals surface area contributed by atoms with Crippen molar-refractivity contribution in [3.05, 3.63) is 29.6 Å². The molecule has 0 aliphatic carbocycles. The number of carbonyl (C=O) groups is 2. The maximum Gasteiger partial charge on any atom is 0.239 e. The third-order valence-corrected chi connectivity index (χ3v) is 2.72. The van der Waals surface area contributed by atoms with Gasteiger partial charge in [0.15, 0.2) is 6.29 Å².